The lowest BCUT2D eigenvalue weighted by atomic mass is 10.2. The summed E-state index contributed by atoms with van der Waals surface area (Å²) in [6, 6.07) is 5.11. The lowest BCUT2D eigenvalue weighted by Gasteiger charge is -2.18. The maximum Gasteiger partial charge on any atom is 0.128 e. The molecule has 0 aromatic carbocycles. The Balaban J connectivity index is 1.57. The molecule has 2 fully saturated rings. The minimum Gasteiger partial charge on any atom is -0.359 e. The van der Waals surface area contributed by atoms with Crippen molar-refractivity contribution in [1.82, 2.24) is 10.3 Å². The number of pyridine rings is 1. The number of rotatable bonds is 6. The Morgan fingerprint density at radius 1 is 1.44 bits per heavy atom. The van der Waals surface area contributed by atoms with E-state index in [4.69, 9.17) is 0 Å². The van der Waals surface area contributed by atoms with Crippen molar-refractivity contribution in [3.05, 3.63) is 23.9 Å². The Labute approximate surface area is 110 Å². The lowest BCUT2D eigenvalue weighted by molar-refractivity contribution is 0.685. The molecule has 0 bridgehead atoms. The van der Waals surface area contributed by atoms with E-state index in [9.17, 15) is 0 Å². The van der Waals surface area contributed by atoms with Gasteiger partial charge in [-0.2, -0.15) is 0 Å². The van der Waals surface area contributed by atoms with Gasteiger partial charge in [0.05, 0.1) is 0 Å². The highest BCUT2D eigenvalue weighted by molar-refractivity contribution is 5.40. The molecule has 0 radical (unpaired) electrons. The molecule has 0 spiro atoms. The van der Waals surface area contributed by atoms with E-state index in [0.29, 0.717) is 0 Å². The van der Waals surface area contributed by atoms with Gasteiger partial charge in [0.25, 0.3) is 0 Å². The van der Waals surface area contributed by atoms with Crippen molar-refractivity contribution in [3.8, 4) is 0 Å². The number of hydrogen-bond acceptors (Lipinski definition) is 3. The van der Waals surface area contributed by atoms with Crippen LogP contribution in [0.4, 0.5) is 5.82 Å². The highest BCUT2D eigenvalue weighted by atomic mass is 15.2. The van der Waals surface area contributed by atoms with Crippen LogP contribution in [0.5, 0.6) is 0 Å². The number of aromatic nitrogens is 1. The molecule has 1 heterocycles. The SMILES string of the molecule is CC1CC1CN(C)c1cc(CNC2CC2)ccn1. The minimum absolute atomic E-state index is 0.770. The average Bonchev–Trinajstić information content (AvgIpc) is 3.27. The van der Waals surface area contributed by atoms with Gasteiger partial charge in [0.1, 0.15) is 5.82 Å². The normalized spacial score (nSPS) is 26.1. The van der Waals surface area contributed by atoms with Crippen LogP contribution in [0.15, 0.2) is 18.3 Å². The van der Waals surface area contributed by atoms with Crippen molar-refractivity contribution in [2.75, 3.05) is 18.5 Å². The summed E-state index contributed by atoms with van der Waals surface area (Å²) >= 11 is 0. The van der Waals surface area contributed by atoms with Crippen molar-refractivity contribution in [3.63, 3.8) is 0 Å². The molecule has 98 valence electrons. The molecule has 3 heteroatoms. The molecule has 3 rings (SSSR count). The molecule has 2 aliphatic carbocycles. The summed E-state index contributed by atoms with van der Waals surface area (Å²) in [5, 5.41) is 3.55. The second-order valence-corrected chi connectivity index (χ2v) is 6.03. The van der Waals surface area contributed by atoms with Crippen molar-refractivity contribution < 1.29 is 0 Å². The van der Waals surface area contributed by atoms with Crippen LogP contribution in [0.2, 0.25) is 0 Å². The summed E-state index contributed by atoms with van der Waals surface area (Å²) in [7, 11) is 2.16. The molecule has 2 unspecified atom stereocenters. The minimum atomic E-state index is 0.770. The third kappa shape index (κ3) is 3.02. The highest BCUT2D eigenvalue weighted by Crippen LogP contribution is 2.38. The van der Waals surface area contributed by atoms with E-state index in [1.807, 2.05) is 6.20 Å². The monoisotopic (exact) mass is 245 g/mol. The summed E-state index contributed by atoms with van der Waals surface area (Å²) in [6.45, 7) is 4.46. The van der Waals surface area contributed by atoms with Crippen molar-refractivity contribution in [1.29, 1.82) is 0 Å². The molecule has 2 saturated carbocycles. The number of anilines is 1. The number of nitrogens with zero attached hydrogens (tertiary/aromatic N) is 2. The van der Waals surface area contributed by atoms with Crippen LogP contribution in [-0.2, 0) is 6.54 Å². The summed E-state index contributed by atoms with van der Waals surface area (Å²) in [5.41, 5.74) is 1.35. The molecule has 0 amide bonds. The Morgan fingerprint density at radius 2 is 2.22 bits per heavy atom. The smallest absolute Gasteiger partial charge is 0.128 e. The molecule has 2 atom stereocenters. The van der Waals surface area contributed by atoms with Crippen LogP contribution in [0.1, 0.15) is 31.7 Å². The van der Waals surface area contributed by atoms with E-state index < -0.39 is 0 Å². The average molecular weight is 245 g/mol. The van der Waals surface area contributed by atoms with Gasteiger partial charge in [-0.3, -0.25) is 0 Å². The van der Waals surface area contributed by atoms with Crippen LogP contribution in [0.3, 0.4) is 0 Å². The van der Waals surface area contributed by atoms with Gasteiger partial charge in [-0.05, 0) is 48.8 Å². The van der Waals surface area contributed by atoms with Gasteiger partial charge in [-0.15, -0.1) is 0 Å². The van der Waals surface area contributed by atoms with Crippen LogP contribution in [0.25, 0.3) is 0 Å². The first-order valence-corrected chi connectivity index (χ1v) is 7.12. The maximum absolute atomic E-state index is 4.49. The Hall–Kier alpha value is -1.09. The molecule has 0 aliphatic heterocycles. The van der Waals surface area contributed by atoms with Gasteiger partial charge in [0.2, 0.25) is 0 Å². The highest BCUT2D eigenvalue weighted by Gasteiger charge is 2.33. The van der Waals surface area contributed by atoms with Gasteiger partial charge in [0, 0.05) is 32.4 Å². The fourth-order valence-electron chi connectivity index (χ4n) is 2.43. The fraction of sp³-hybridized carbons (Fsp3) is 0.667. The van der Waals surface area contributed by atoms with E-state index in [0.717, 1.165) is 36.8 Å². The molecule has 1 N–H and O–H groups in total. The quantitative estimate of drug-likeness (QED) is 0.834. The van der Waals surface area contributed by atoms with E-state index in [2.05, 4.69) is 41.3 Å². The molecular formula is C15H23N3. The molecule has 0 saturated heterocycles. The first-order chi connectivity index (χ1) is 8.72. The molecular weight excluding hydrogens is 222 g/mol. The third-order valence-corrected chi connectivity index (χ3v) is 4.16. The maximum atomic E-state index is 4.49. The summed E-state index contributed by atoms with van der Waals surface area (Å²) < 4.78 is 0. The van der Waals surface area contributed by atoms with E-state index in [1.165, 1.54) is 24.8 Å². The summed E-state index contributed by atoms with van der Waals surface area (Å²) in [6.07, 6.45) is 6.01. The zero-order chi connectivity index (χ0) is 12.5. The zero-order valence-corrected chi connectivity index (χ0v) is 11.4. The van der Waals surface area contributed by atoms with Crippen LogP contribution in [0, 0.1) is 11.8 Å². The Kier molecular flexibility index (Phi) is 3.25. The van der Waals surface area contributed by atoms with Gasteiger partial charge < -0.3 is 10.2 Å². The molecule has 18 heavy (non-hydrogen) atoms. The van der Waals surface area contributed by atoms with Crippen LogP contribution in [-0.4, -0.2) is 24.6 Å². The van der Waals surface area contributed by atoms with Gasteiger partial charge in [-0.25, -0.2) is 4.98 Å². The largest absolute Gasteiger partial charge is 0.359 e. The lowest BCUT2D eigenvalue weighted by Crippen LogP contribution is -2.22. The van der Waals surface area contributed by atoms with Gasteiger partial charge in [-0.1, -0.05) is 6.92 Å². The predicted octanol–water partition coefficient (Wildman–Crippen LogP) is 2.43. The second kappa shape index (κ2) is 4.88. The molecule has 1 aromatic rings. The van der Waals surface area contributed by atoms with Crippen molar-refractivity contribution in [2.45, 2.75) is 38.8 Å². The van der Waals surface area contributed by atoms with Crippen LogP contribution >= 0.6 is 0 Å². The van der Waals surface area contributed by atoms with Crippen molar-refractivity contribution in [2.24, 2.45) is 11.8 Å². The molecule has 2 aliphatic rings. The van der Waals surface area contributed by atoms with E-state index in [-0.39, 0.29) is 0 Å². The first kappa shape index (κ1) is 12.0. The topological polar surface area (TPSA) is 28.2 Å². The van der Waals surface area contributed by atoms with E-state index >= 15 is 0 Å². The van der Waals surface area contributed by atoms with E-state index in [1.54, 1.807) is 0 Å². The van der Waals surface area contributed by atoms with Gasteiger partial charge in [0.15, 0.2) is 0 Å². The van der Waals surface area contributed by atoms with Gasteiger partial charge >= 0.3 is 0 Å². The number of nitrogens with one attached hydrogen (secondary N) is 1. The predicted molar refractivity (Wildman–Crippen MR) is 74.6 cm³/mol. The first-order valence-electron chi connectivity index (χ1n) is 7.12. The fourth-order valence-corrected chi connectivity index (χ4v) is 2.43. The molecule has 1 aromatic heterocycles. The zero-order valence-electron chi connectivity index (χ0n) is 11.4. The van der Waals surface area contributed by atoms with Crippen LogP contribution < -0.4 is 10.2 Å². The second-order valence-electron chi connectivity index (χ2n) is 6.03. The third-order valence-electron chi connectivity index (χ3n) is 4.16. The Morgan fingerprint density at radius 3 is 2.89 bits per heavy atom. The summed E-state index contributed by atoms with van der Waals surface area (Å²) in [4.78, 5) is 6.79. The van der Waals surface area contributed by atoms with Crippen molar-refractivity contribution >= 4 is 5.82 Å². The number of hydrogen-bond donors (Lipinski definition) is 1. The Bertz CT molecular complexity index is 414. The summed E-state index contributed by atoms with van der Waals surface area (Å²) in [5.74, 6) is 2.90. The standard InChI is InChI=1S/C15H23N3/c1-11-7-13(11)10-18(2)15-8-12(5-6-16-15)9-17-14-3-4-14/h5-6,8,11,13-14,17H,3-4,7,9-10H2,1-2H3. The molecule has 3 nitrogen and oxygen atoms in total.